The average molecular weight is 1090 g/mol. The molecule has 85 heavy (non-hydrogen) atoms. The van der Waals surface area contributed by atoms with Gasteiger partial charge in [0.15, 0.2) is 5.82 Å². The molecule has 2 aromatic heterocycles. The number of esters is 1. The minimum Gasteiger partial charge on any atom is -0.423 e. The Kier molecular flexibility index (Phi) is 12.0. The SMILES string of the molecule is O=C(Oc1ccc2c(c1)c1ccccc1n2-c1ccc(-c2nc(-c3ccccc3)cc(-c3ccccc3)n2)cc1-c1ccc(-c2cccc(N3c4ccccc4B4c5ccccc5N(c5ccccc5)c5cccc3c54)c2)cc1)c1ccccc1. The molecule has 0 fully saturated rings. The molecule has 16 rings (SSSR count). The summed E-state index contributed by atoms with van der Waals surface area (Å²) in [6.07, 6.45) is 0. The molecule has 0 amide bonds. The smallest absolute Gasteiger partial charge is 0.343 e. The Bertz CT molecular complexity index is 4840. The number of aromatic nitrogens is 3. The van der Waals surface area contributed by atoms with Crippen LogP contribution in [0.15, 0.2) is 303 Å². The van der Waals surface area contributed by atoms with Gasteiger partial charge in [-0.15, -0.1) is 0 Å². The normalized spacial score (nSPS) is 12.2. The van der Waals surface area contributed by atoms with E-state index in [9.17, 15) is 4.79 Å². The number of carbonyl (C=O) groups is 1. The van der Waals surface area contributed by atoms with E-state index in [0.29, 0.717) is 17.1 Å². The molecule has 2 aliphatic heterocycles. The molecule has 2 aliphatic rings. The van der Waals surface area contributed by atoms with Crippen LogP contribution in [0.25, 0.3) is 83.6 Å². The number of benzene rings is 12. The van der Waals surface area contributed by atoms with Gasteiger partial charge in [0.1, 0.15) is 5.75 Å². The lowest BCUT2D eigenvalue weighted by Crippen LogP contribution is -2.61. The summed E-state index contributed by atoms with van der Waals surface area (Å²) in [5, 5.41) is 2.00. The first kappa shape index (κ1) is 49.5. The highest BCUT2D eigenvalue weighted by atomic mass is 16.5. The van der Waals surface area contributed by atoms with E-state index in [1.54, 1.807) is 12.1 Å². The van der Waals surface area contributed by atoms with Gasteiger partial charge >= 0.3 is 5.97 Å². The van der Waals surface area contributed by atoms with Crippen LogP contribution < -0.4 is 30.9 Å². The van der Waals surface area contributed by atoms with Crippen LogP contribution in [-0.4, -0.2) is 27.2 Å². The van der Waals surface area contributed by atoms with Crippen molar-refractivity contribution < 1.29 is 9.53 Å². The molecule has 0 saturated carbocycles. The van der Waals surface area contributed by atoms with Crippen molar-refractivity contribution in [1.29, 1.82) is 0 Å². The third-order valence-corrected chi connectivity index (χ3v) is 16.7. The Balaban J connectivity index is 0.829. The largest absolute Gasteiger partial charge is 0.423 e. The molecule has 12 aromatic carbocycles. The van der Waals surface area contributed by atoms with Crippen LogP contribution in [-0.2, 0) is 0 Å². The first-order valence-electron chi connectivity index (χ1n) is 28.7. The fourth-order valence-corrected chi connectivity index (χ4v) is 12.8. The predicted octanol–water partition coefficient (Wildman–Crippen LogP) is 17.2. The summed E-state index contributed by atoms with van der Waals surface area (Å²) < 4.78 is 8.34. The first-order valence-corrected chi connectivity index (χ1v) is 28.7. The number of ether oxygens (including phenoxy) is 1. The summed E-state index contributed by atoms with van der Waals surface area (Å²) in [5.41, 5.74) is 23.0. The number of nitrogens with zero attached hydrogens (tertiary/aromatic N) is 5. The number of hydrogen-bond donors (Lipinski definition) is 0. The monoisotopic (exact) mass is 1090 g/mol. The quantitative estimate of drug-likeness (QED) is 0.0772. The molecule has 0 atom stereocenters. The number of rotatable bonds is 10. The van der Waals surface area contributed by atoms with Gasteiger partial charge in [-0.05, 0) is 142 Å². The van der Waals surface area contributed by atoms with E-state index in [0.717, 1.165) is 89.2 Å². The molecular weight excluding hydrogens is 1040 g/mol. The van der Waals surface area contributed by atoms with Gasteiger partial charge in [-0.1, -0.05) is 194 Å². The van der Waals surface area contributed by atoms with Crippen LogP contribution in [0, 0.1) is 0 Å². The van der Waals surface area contributed by atoms with Crippen LogP contribution in [0.2, 0.25) is 0 Å². The lowest BCUT2D eigenvalue weighted by atomic mass is 9.33. The highest BCUT2D eigenvalue weighted by Gasteiger charge is 2.43. The second kappa shape index (κ2) is 20.6. The highest BCUT2D eigenvalue weighted by Crippen LogP contribution is 2.45. The summed E-state index contributed by atoms with van der Waals surface area (Å²) in [4.78, 5) is 28.8. The molecule has 0 unspecified atom stereocenters. The maximum absolute atomic E-state index is 13.4. The van der Waals surface area contributed by atoms with Crippen molar-refractivity contribution in [3.05, 3.63) is 309 Å². The fourth-order valence-electron chi connectivity index (χ4n) is 12.8. The Hall–Kier alpha value is -11.3. The summed E-state index contributed by atoms with van der Waals surface area (Å²) in [6.45, 7) is 0.0591. The van der Waals surface area contributed by atoms with E-state index in [-0.39, 0.29) is 6.71 Å². The Labute approximate surface area is 492 Å². The molecular formula is C77H50BN5O2. The van der Waals surface area contributed by atoms with Crippen LogP contribution in [0.5, 0.6) is 5.75 Å². The zero-order valence-electron chi connectivity index (χ0n) is 46.0. The lowest BCUT2D eigenvalue weighted by molar-refractivity contribution is 0.0735. The number of carbonyl (C=O) groups excluding carboxylic acids is 1. The van der Waals surface area contributed by atoms with Crippen LogP contribution >= 0.6 is 0 Å². The van der Waals surface area contributed by atoms with Crippen LogP contribution in [0.3, 0.4) is 0 Å². The van der Waals surface area contributed by atoms with E-state index in [4.69, 9.17) is 14.7 Å². The molecule has 14 aromatic rings. The number of fused-ring (bicyclic) bond motifs is 7. The lowest BCUT2D eigenvalue weighted by Gasteiger charge is -2.44. The van der Waals surface area contributed by atoms with E-state index in [1.165, 1.54) is 39.1 Å². The van der Waals surface area contributed by atoms with E-state index < -0.39 is 5.97 Å². The highest BCUT2D eigenvalue weighted by molar-refractivity contribution is 7.00. The zero-order valence-corrected chi connectivity index (χ0v) is 46.0. The summed E-state index contributed by atoms with van der Waals surface area (Å²) >= 11 is 0. The molecule has 0 spiro atoms. The van der Waals surface area contributed by atoms with Crippen LogP contribution in [0.4, 0.5) is 34.1 Å². The molecule has 398 valence electrons. The molecule has 0 saturated heterocycles. The summed E-state index contributed by atoms with van der Waals surface area (Å²) in [7, 11) is 0. The molecule has 0 bridgehead atoms. The van der Waals surface area contributed by atoms with Crippen molar-refractivity contribution in [3.8, 4) is 67.6 Å². The Morgan fingerprint density at radius 2 is 0.871 bits per heavy atom. The van der Waals surface area contributed by atoms with Gasteiger partial charge in [-0.3, -0.25) is 0 Å². The van der Waals surface area contributed by atoms with Gasteiger partial charge in [0.2, 0.25) is 0 Å². The van der Waals surface area contributed by atoms with Gasteiger partial charge in [-0.25, -0.2) is 14.8 Å². The molecule has 0 N–H and O–H groups in total. The second-order valence-electron chi connectivity index (χ2n) is 21.6. The minimum absolute atomic E-state index is 0.0591. The van der Waals surface area contributed by atoms with E-state index in [2.05, 4.69) is 239 Å². The van der Waals surface area contributed by atoms with Crippen LogP contribution in [0.1, 0.15) is 10.4 Å². The predicted molar refractivity (Wildman–Crippen MR) is 349 cm³/mol. The van der Waals surface area contributed by atoms with Crippen molar-refractivity contribution in [1.82, 2.24) is 14.5 Å². The standard InChI is InChI=1S/C77H50BN5O2/c84-77(55-25-9-3-10-26-55)85-60-44-46-70-63(49-60)61-31-13-16-34-68(61)83(70)69-45-43-57(76-79-66(53-21-5-1-6-22-53)50-67(80-76)54-23-7-2-8-24-54)48-62(69)52-41-39-51(40-42-52)56-27-19-30-59(47-56)82-72-36-18-15-33-65(72)78-64-32-14-17-35-71(64)81(58-28-11-4-12-29-58)73-37-20-38-74(82)75(73)78/h1-50H. The average Bonchev–Trinajstić information content (AvgIpc) is 1.74. The zero-order chi connectivity index (χ0) is 56.4. The molecule has 8 heteroatoms. The molecule has 0 aliphatic carbocycles. The van der Waals surface area contributed by atoms with Crippen molar-refractivity contribution in [2.45, 2.75) is 0 Å². The molecule has 7 nitrogen and oxygen atoms in total. The number of anilines is 6. The van der Waals surface area contributed by atoms with E-state index in [1.807, 2.05) is 66.7 Å². The van der Waals surface area contributed by atoms with Crippen molar-refractivity contribution >= 4 is 85.0 Å². The maximum atomic E-state index is 13.4. The van der Waals surface area contributed by atoms with Gasteiger partial charge in [0.25, 0.3) is 6.71 Å². The third kappa shape index (κ3) is 8.58. The summed E-state index contributed by atoms with van der Waals surface area (Å²) in [5.74, 6) is 0.690. The second-order valence-corrected chi connectivity index (χ2v) is 21.6. The summed E-state index contributed by atoms with van der Waals surface area (Å²) in [6, 6.07) is 106. The Morgan fingerprint density at radius 1 is 0.353 bits per heavy atom. The third-order valence-electron chi connectivity index (χ3n) is 16.7. The molecule has 4 heterocycles. The molecule has 0 radical (unpaired) electrons. The van der Waals surface area contributed by atoms with Gasteiger partial charge in [0, 0.05) is 67.2 Å². The topological polar surface area (TPSA) is 63.5 Å². The maximum Gasteiger partial charge on any atom is 0.343 e. The van der Waals surface area contributed by atoms with E-state index >= 15 is 0 Å². The van der Waals surface area contributed by atoms with Gasteiger partial charge < -0.3 is 19.1 Å². The number of para-hydroxylation sites is 4. The van der Waals surface area contributed by atoms with Gasteiger partial charge in [0.05, 0.1) is 33.7 Å². The number of hydrogen-bond acceptors (Lipinski definition) is 6. The van der Waals surface area contributed by atoms with Gasteiger partial charge in [-0.2, -0.15) is 0 Å². The Morgan fingerprint density at radius 3 is 1.55 bits per heavy atom. The van der Waals surface area contributed by atoms with Crippen molar-refractivity contribution in [2.24, 2.45) is 0 Å². The van der Waals surface area contributed by atoms with Crippen molar-refractivity contribution in [3.63, 3.8) is 0 Å². The first-order chi connectivity index (χ1) is 42.1. The van der Waals surface area contributed by atoms with Crippen molar-refractivity contribution in [2.75, 3.05) is 9.80 Å². The minimum atomic E-state index is -0.405. The fraction of sp³-hybridized carbons (Fsp3) is 0.